The maximum atomic E-state index is 9.93. The average Bonchev–Trinajstić information content (AvgIpc) is 2.89. The second-order valence-corrected chi connectivity index (χ2v) is 5.05. The Labute approximate surface area is 125 Å². The van der Waals surface area contributed by atoms with Crippen molar-refractivity contribution in [2.45, 2.75) is 31.0 Å². The number of aliphatic hydroxyl groups is 5. The molecule has 2 aromatic rings. The molecule has 0 aromatic carbocycles. The van der Waals surface area contributed by atoms with E-state index in [4.69, 9.17) is 10.5 Å². The second kappa shape index (κ2) is 6.50. The first-order valence-corrected chi connectivity index (χ1v) is 6.61. The Balaban J connectivity index is 2.20. The highest BCUT2D eigenvalue weighted by Gasteiger charge is 2.30. The molecule has 0 fully saturated rings. The molecule has 4 unspecified atom stereocenters. The maximum Gasteiger partial charge on any atom is 0.162 e. The number of hydrogen-bond acceptors (Lipinski definition) is 8. The van der Waals surface area contributed by atoms with Gasteiger partial charge in [0.05, 0.1) is 31.1 Å². The van der Waals surface area contributed by atoms with Gasteiger partial charge in [0.2, 0.25) is 0 Å². The predicted octanol–water partition coefficient (Wildman–Crippen LogP) is -3.31. The molecule has 0 aliphatic rings. The summed E-state index contributed by atoms with van der Waals surface area (Å²) in [6, 6.07) is 0. The largest absolute Gasteiger partial charge is 0.394 e. The van der Waals surface area contributed by atoms with Crippen molar-refractivity contribution < 1.29 is 25.5 Å². The number of hydrogen-bond donors (Lipinski definition) is 6. The fraction of sp³-hybridized carbons (Fsp3) is 0.583. The van der Waals surface area contributed by atoms with Gasteiger partial charge in [0.15, 0.2) is 5.65 Å². The highest BCUT2D eigenvalue weighted by Crippen LogP contribution is 2.08. The van der Waals surface area contributed by atoms with Crippen molar-refractivity contribution in [3.05, 3.63) is 18.0 Å². The molecule has 0 aliphatic carbocycles. The normalized spacial score (nSPS) is 17.4. The van der Waals surface area contributed by atoms with Gasteiger partial charge in [-0.2, -0.15) is 5.10 Å². The standard InChI is InChI=1S/C12H19N5O5/c1-16-12-6(2-15-16)11(13)17(5-14-12)3-7(19)9(21)10(22)8(20)4-18/h2,5,7-10,13,18-22H,3-4H2,1H3. The molecule has 2 heterocycles. The molecule has 0 amide bonds. The molecule has 0 saturated heterocycles. The van der Waals surface area contributed by atoms with E-state index >= 15 is 0 Å². The van der Waals surface area contributed by atoms with Gasteiger partial charge in [-0.15, -0.1) is 0 Å². The topological polar surface area (TPSA) is 161 Å². The zero-order valence-corrected chi connectivity index (χ0v) is 11.9. The summed E-state index contributed by atoms with van der Waals surface area (Å²) in [5.41, 5.74) is 0.550. The fourth-order valence-electron chi connectivity index (χ4n) is 2.10. The van der Waals surface area contributed by atoms with Crippen molar-refractivity contribution in [3.8, 4) is 0 Å². The van der Waals surface area contributed by atoms with E-state index in [1.54, 1.807) is 7.05 Å². The highest BCUT2D eigenvalue weighted by molar-refractivity contribution is 5.72. The summed E-state index contributed by atoms with van der Waals surface area (Å²) in [5, 5.41) is 59.8. The van der Waals surface area contributed by atoms with E-state index < -0.39 is 31.0 Å². The van der Waals surface area contributed by atoms with Crippen LogP contribution < -0.4 is 5.49 Å². The summed E-state index contributed by atoms with van der Waals surface area (Å²) in [6.07, 6.45) is -3.63. The van der Waals surface area contributed by atoms with Crippen LogP contribution in [-0.2, 0) is 13.6 Å². The zero-order chi connectivity index (χ0) is 16.4. The molecule has 10 heteroatoms. The first-order chi connectivity index (χ1) is 10.4. The number of aromatic nitrogens is 4. The number of aliphatic hydroxyl groups excluding tert-OH is 5. The summed E-state index contributed by atoms with van der Waals surface area (Å²) < 4.78 is 2.79. The van der Waals surface area contributed by atoms with Crippen molar-refractivity contribution >= 4 is 11.0 Å². The van der Waals surface area contributed by atoms with Crippen molar-refractivity contribution in [2.24, 2.45) is 7.05 Å². The van der Waals surface area contributed by atoms with E-state index in [1.807, 2.05) is 0 Å². The molecular formula is C12H19N5O5. The lowest BCUT2D eigenvalue weighted by Gasteiger charge is -2.26. The molecule has 0 saturated carbocycles. The molecule has 0 spiro atoms. The fourth-order valence-corrected chi connectivity index (χ4v) is 2.10. The molecule has 0 bridgehead atoms. The average molecular weight is 313 g/mol. The minimum Gasteiger partial charge on any atom is -0.394 e. The Morgan fingerprint density at radius 2 is 1.82 bits per heavy atom. The van der Waals surface area contributed by atoms with E-state index in [1.165, 1.54) is 21.8 Å². The van der Waals surface area contributed by atoms with Crippen LogP contribution in [0.2, 0.25) is 0 Å². The van der Waals surface area contributed by atoms with Crippen molar-refractivity contribution in [1.82, 2.24) is 19.3 Å². The van der Waals surface area contributed by atoms with E-state index in [9.17, 15) is 20.4 Å². The van der Waals surface area contributed by atoms with Crippen LogP contribution in [0.4, 0.5) is 0 Å². The lowest BCUT2D eigenvalue weighted by molar-refractivity contribution is -0.117. The Morgan fingerprint density at radius 3 is 2.45 bits per heavy atom. The highest BCUT2D eigenvalue weighted by atomic mass is 16.4. The lowest BCUT2D eigenvalue weighted by Crippen LogP contribution is -2.47. The number of nitrogens with zero attached hydrogens (tertiary/aromatic N) is 4. The van der Waals surface area contributed by atoms with Gasteiger partial charge in [0.1, 0.15) is 29.9 Å². The molecule has 0 aliphatic heterocycles. The summed E-state index contributed by atoms with van der Waals surface area (Å²) >= 11 is 0. The molecule has 122 valence electrons. The van der Waals surface area contributed by atoms with E-state index in [0.29, 0.717) is 11.0 Å². The molecule has 4 atom stereocenters. The molecule has 6 N–H and O–H groups in total. The quantitative estimate of drug-likeness (QED) is 0.325. The number of rotatable bonds is 6. The summed E-state index contributed by atoms with van der Waals surface area (Å²) in [5.74, 6) is 0. The Morgan fingerprint density at radius 1 is 1.18 bits per heavy atom. The van der Waals surface area contributed by atoms with E-state index in [-0.39, 0.29) is 12.0 Å². The third-order valence-corrected chi connectivity index (χ3v) is 3.48. The van der Waals surface area contributed by atoms with Crippen LogP contribution in [-0.4, -0.2) is 75.9 Å². The van der Waals surface area contributed by atoms with Gasteiger partial charge in [-0.05, 0) is 0 Å². The number of nitrogens with one attached hydrogen (secondary N) is 1. The van der Waals surface area contributed by atoms with Crippen LogP contribution in [0.3, 0.4) is 0 Å². The molecular weight excluding hydrogens is 294 g/mol. The van der Waals surface area contributed by atoms with Gasteiger partial charge < -0.3 is 30.1 Å². The van der Waals surface area contributed by atoms with Crippen molar-refractivity contribution in [2.75, 3.05) is 6.61 Å². The molecule has 2 rings (SSSR count). The first-order valence-electron chi connectivity index (χ1n) is 6.61. The van der Waals surface area contributed by atoms with E-state index in [2.05, 4.69) is 10.1 Å². The Bertz CT molecular complexity index is 699. The van der Waals surface area contributed by atoms with Gasteiger partial charge in [0, 0.05) is 7.05 Å². The Kier molecular flexibility index (Phi) is 4.88. The van der Waals surface area contributed by atoms with Gasteiger partial charge in [-0.3, -0.25) is 10.1 Å². The third-order valence-electron chi connectivity index (χ3n) is 3.48. The van der Waals surface area contributed by atoms with Crippen molar-refractivity contribution in [1.29, 1.82) is 5.41 Å². The van der Waals surface area contributed by atoms with Crippen LogP contribution in [0.15, 0.2) is 12.5 Å². The van der Waals surface area contributed by atoms with E-state index in [0.717, 1.165) is 0 Å². The molecule has 2 aromatic heterocycles. The monoisotopic (exact) mass is 313 g/mol. The van der Waals surface area contributed by atoms with Crippen LogP contribution in [0, 0.1) is 5.41 Å². The first kappa shape index (κ1) is 16.5. The summed E-state index contributed by atoms with van der Waals surface area (Å²) in [4.78, 5) is 4.11. The van der Waals surface area contributed by atoms with Gasteiger partial charge in [-0.1, -0.05) is 0 Å². The van der Waals surface area contributed by atoms with Crippen LogP contribution in [0.5, 0.6) is 0 Å². The Hall–Kier alpha value is -1.85. The van der Waals surface area contributed by atoms with Gasteiger partial charge in [-0.25, -0.2) is 4.98 Å². The minimum absolute atomic E-state index is 0.0431. The molecule has 22 heavy (non-hydrogen) atoms. The van der Waals surface area contributed by atoms with Gasteiger partial charge in [0.25, 0.3) is 0 Å². The molecule has 10 nitrogen and oxygen atoms in total. The smallest absolute Gasteiger partial charge is 0.162 e. The lowest BCUT2D eigenvalue weighted by atomic mass is 10.0. The third kappa shape index (κ3) is 3.00. The van der Waals surface area contributed by atoms with Crippen LogP contribution >= 0.6 is 0 Å². The second-order valence-electron chi connectivity index (χ2n) is 5.05. The predicted molar refractivity (Wildman–Crippen MR) is 73.5 cm³/mol. The van der Waals surface area contributed by atoms with Crippen LogP contribution in [0.25, 0.3) is 11.0 Å². The SMILES string of the molecule is Cn1ncc2c(=N)n(CC(O)C(O)C(O)C(O)CO)cnc21. The summed E-state index contributed by atoms with van der Waals surface area (Å²) in [6.45, 7) is -0.960. The zero-order valence-electron chi connectivity index (χ0n) is 11.9. The minimum atomic E-state index is -1.70. The van der Waals surface area contributed by atoms with Crippen molar-refractivity contribution in [3.63, 3.8) is 0 Å². The number of aryl methyl sites for hydroxylation is 1. The number of fused-ring (bicyclic) bond motifs is 1. The molecule has 0 radical (unpaired) electrons. The maximum absolute atomic E-state index is 9.93. The van der Waals surface area contributed by atoms with Crippen LogP contribution in [0.1, 0.15) is 0 Å². The van der Waals surface area contributed by atoms with Gasteiger partial charge >= 0.3 is 0 Å². The summed E-state index contributed by atoms with van der Waals surface area (Å²) in [7, 11) is 1.68.